The lowest BCUT2D eigenvalue weighted by molar-refractivity contribution is 0.624. The lowest BCUT2D eigenvalue weighted by Gasteiger charge is -1.99. The number of hydrogen-bond acceptors (Lipinski definition) is 3. The lowest BCUT2D eigenvalue weighted by atomic mass is 10.3. The fraction of sp³-hybridized carbons (Fsp3) is 0. The molecule has 2 aromatic rings. The Balaban J connectivity index is 2.53. The molecule has 0 amide bonds. The van der Waals surface area contributed by atoms with E-state index in [1.54, 1.807) is 6.07 Å². The minimum absolute atomic E-state index is 0.333. The quantitative estimate of drug-likeness (QED) is 0.763. The monoisotopic (exact) mass is 242 g/mol. The predicted molar refractivity (Wildman–Crippen MR) is 46.8 cm³/mol. The van der Waals surface area contributed by atoms with Gasteiger partial charge in [0, 0.05) is 4.47 Å². The summed E-state index contributed by atoms with van der Waals surface area (Å²) in [7, 11) is 0. The number of benzene rings is 1. The SMILES string of the molecule is Fc1cc(Br)cc(-n2cnnn2)c1. The molecule has 0 bridgehead atoms. The molecule has 0 saturated carbocycles. The summed E-state index contributed by atoms with van der Waals surface area (Å²) in [6.07, 6.45) is 1.40. The van der Waals surface area contributed by atoms with E-state index in [0.717, 1.165) is 0 Å². The number of halogens is 2. The number of tetrazole rings is 1. The lowest BCUT2D eigenvalue weighted by Crippen LogP contribution is -1.95. The third-order valence-corrected chi connectivity index (χ3v) is 1.92. The van der Waals surface area contributed by atoms with Crippen LogP contribution in [0.2, 0.25) is 0 Å². The van der Waals surface area contributed by atoms with Crippen LogP contribution >= 0.6 is 15.9 Å². The molecule has 4 nitrogen and oxygen atoms in total. The van der Waals surface area contributed by atoms with Crippen molar-refractivity contribution in [2.45, 2.75) is 0 Å². The Morgan fingerprint density at radius 1 is 1.31 bits per heavy atom. The Hall–Kier alpha value is -1.30. The molecule has 1 aromatic heterocycles. The van der Waals surface area contributed by atoms with Crippen LogP contribution in [0.15, 0.2) is 29.0 Å². The van der Waals surface area contributed by atoms with Crippen molar-refractivity contribution < 1.29 is 4.39 Å². The van der Waals surface area contributed by atoms with Crippen LogP contribution in [0, 0.1) is 5.82 Å². The smallest absolute Gasteiger partial charge is 0.143 e. The zero-order valence-corrected chi connectivity index (χ0v) is 7.94. The molecular weight excluding hydrogens is 239 g/mol. The molecule has 6 heteroatoms. The maximum absolute atomic E-state index is 12.9. The molecular formula is C7H4BrFN4. The number of aromatic nitrogens is 4. The van der Waals surface area contributed by atoms with Crippen molar-refractivity contribution in [2.75, 3.05) is 0 Å². The van der Waals surface area contributed by atoms with Crippen LogP contribution in [-0.4, -0.2) is 20.2 Å². The van der Waals surface area contributed by atoms with Crippen LogP contribution < -0.4 is 0 Å². The van der Waals surface area contributed by atoms with Gasteiger partial charge in [0.05, 0.1) is 5.69 Å². The summed E-state index contributed by atoms with van der Waals surface area (Å²) < 4.78 is 14.9. The van der Waals surface area contributed by atoms with Gasteiger partial charge in [-0.15, -0.1) is 5.10 Å². The van der Waals surface area contributed by atoms with Gasteiger partial charge >= 0.3 is 0 Å². The van der Waals surface area contributed by atoms with Crippen molar-refractivity contribution in [2.24, 2.45) is 0 Å². The van der Waals surface area contributed by atoms with Crippen molar-refractivity contribution in [1.82, 2.24) is 20.2 Å². The minimum atomic E-state index is -0.333. The van der Waals surface area contributed by atoms with Gasteiger partial charge in [-0.25, -0.2) is 9.07 Å². The minimum Gasteiger partial charge on any atom is -0.207 e. The van der Waals surface area contributed by atoms with E-state index in [2.05, 4.69) is 31.5 Å². The van der Waals surface area contributed by atoms with Crippen LogP contribution in [0.1, 0.15) is 0 Å². The Kier molecular flexibility index (Phi) is 2.05. The van der Waals surface area contributed by atoms with Gasteiger partial charge in [-0.05, 0) is 28.6 Å². The summed E-state index contributed by atoms with van der Waals surface area (Å²) in [6.45, 7) is 0. The first-order valence-electron chi connectivity index (χ1n) is 3.45. The van der Waals surface area contributed by atoms with Crippen LogP contribution in [0.25, 0.3) is 5.69 Å². The highest BCUT2D eigenvalue weighted by Crippen LogP contribution is 2.16. The highest BCUT2D eigenvalue weighted by molar-refractivity contribution is 9.10. The Bertz CT molecular complexity index is 394. The molecule has 13 heavy (non-hydrogen) atoms. The molecule has 0 radical (unpaired) electrons. The Morgan fingerprint density at radius 2 is 2.15 bits per heavy atom. The summed E-state index contributed by atoms with van der Waals surface area (Å²) in [6, 6.07) is 4.44. The Labute approximate surface area is 81.5 Å². The topological polar surface area (TPSA) is 43.6 Å². The molecule has 0 spiro atoms. The highest BCUT2D eigenvalue weighted by atomic mass is 79.9. The van der Waals surface area contributed by atoms with Crippen molar-refractivity contribution in [1.29, 1.82) is 0 Å². The maximum Gasteiger partial charge on any atom is 0.143 e. The molecule has 0 aliphatic rings. The van der Waals surface area contributed by atoms with Gasteiger partial charge in [0.15, 0.2) is 0 Å². The fourth-order valence-electron chi connectivity index (χ4n) is 0.951. The van der Waals surface area contributed by atoms with Crippen molar-refractivity contribution in [3.05, 3.63) is 34.8 Å². The molecule has 0 aliphatic heterocycles. The molecule has 0 fully saturated rings. The molecule has 1 heterocycles. The van der Waals surface area contributed by atoms with Gasteiger partial charge in [-0.1, -0.05) is 15.9 Å². The molecule has 0 unspecified atom stereocenters. The largest absolute Gasteiger partial charge is 0.207 e. The number of rotatable bonds is 1. The van der Waals surface area contributed by atoms with Crippen LogP contribution in [0.4, 0.5) is 4.39 Å². The second kappa shape index (κ2) is 3.21. The Morgan fingerprint density at radius 3 is 2.77 bits per heavy atom. The molecule has 0 N–H and O–H groups in total. The van der Waals surface area contributed by atoms with Crippen LogP contribution in [-0.2, 0) is 0 Å². The first-order chi connectivity index (χ1) is 6.25. The normalized spacial score (nSPS) is 10.3. The van der Waals surface area contributed by atoms with E-state index in [1.807, 2.05) is 0 Å². The summed E-state index contributed by atoms with van der Waals surface area (Å²) in [5.74, 6) is -0.333. The highest BCUT2D eigenvalue weighted by Gasteiger charge is 2.01. The van der Waals surface area contributed by atoms with E-state index >= 15 is 0 Å². The van der Waals surface area contributed by atoms with E-state index in [4.69, 9.17) is 0 Å². The second-order valence-corrected chi connectivity index (χ2v) is 3.30. The second-order valence-electron chi connectivity index (χ2n) is 2.38. The number of nitrogens with zero attached hydrogens (tertiary/aromatic N) is 4. The van der Waals surface area contributed by atoms with Crippen LogP contribution in [0.3, 0.4) is 0 Å². The van der Waals surface area contributed by atoms with E-state index < -0.39 is 0 Å². The van der Waals surface area contributed by atoms with E-state index in [1.165, 1.54) is 23.1 Å². The van der Waals surface area contributed by atoms with Crippen molar-refractivity contribution in [3.63, 3.8) is 0 Å². The molecule has 0 atom stereocenters. The zero-order valence-electron chi connectivity index (χ0n) is 6.35. The van der Waals surface area contributed by atoms with Gasteiger partial charge in [0.2, 0.25) is 0 Å². The van der Waals surface area contributed by atoms with Crippen LogP contribution in [0.5, 0.6) is 0 Å². The van der Waals surface area contributed by atoms with Crippen molar-refractivity contribution in [3.8, 4) is 5.69 Å². The third kappa shape index (κ3) is 1.72. The first kappa shape index (κ1) is 8.31. The molecule has 66 valence electrons. The van der Waals surface area contributed by atoms with E-state index in [0.29, 0.717) is 10.2 Å². The summed E-state index contributed by atoms with van der Waals surface area (Å²) in [5.41, 5.74) is 0.580. The number of hydrogen-bond donors (Lipinski definition) is 0. The fourth-order valence-corrected chi connectivity index (χ4v) is 1.40. The summed E-state index contributed by atoms with van der Waals surface area (Å²) in [4.78, 5) is 0. The average molecular weight is 243 g/mol. The summed E-state index contributed by atoms with van der Waals surface area (Å²) >= 11 is 3.18. The van der Waals surface area contributed by atoms with E-state index in [9.17, 15) is 4.39 Å². The first-order valence-corrected chi connectivity index (χ1v) is 4.24. The van der Waals surface area contributed by atoms with Gasteiger partial charge in [-0.2, -0.15) is 0 Å². The summed E-state index contributed by atoms with van der Waals surface area (Å²) in [5, 5.41) is 10.5. The molecule has 0 saturated heterocycles. The maximum atomic E-state index is 12.9. The molecule has 2 rings (SSSR count). The molecule has 0 aliphatic carbocycles. The van der Waals surface area contributed by atoms with E-state index in [-0.39, 0.29) is 5.82 Å². The third-order valence-electron chi connectivity index (χ3n) is 1.46. The van der Waals surface area contributed by atoms with Gasteiger partial charge in [0.25, 0.3) is 0 Å². The van der Waals surface area contributed by atoms with Crippen molar-refractivity contribution >= 4 is 15.9 Å². The average Bonchev–Trinajstić information content (AvgIpc) is 2.53. The van der Waals surface area contributed by atoms with Gasteiger partial charge < -0.3 is 0 Å². The molecule has 1 aromatic carbocycles. The van der Waals surface area contributed by atoms with Gasteiger partial charge in [0.1, 0.15) is 12.1 Å². The standard InChI is InChI=1S/C7H4BrFN4/c8-5-1-6(9)3-7(2-5)13-4-10-11-12-13/h1-4H. The van der Waals surface area contributed by atoms with Gasteiger partial charge in [-0.3, -0.25) is 0 Å². The predicted octanol–water partition coefficient (Wildman–Crippen LogP) is 1.56. The zero-order chi connectivity index (χ0) is 9.26.